The fraction of sp³-hybridized carbons (Fsp3) is 0.345. The molecular weight excluding hydrogens is 543 g/mol. The summed E-state index contributed by atoms with van der Waals surface area (Å²) in [4.78, 5) is 10.9. The second-order valence-electron chi connectivity index (χ2n) is 10.2. The molecule has 210 valence electrons. The number of carboxylic acids is 1. The highest BCUT2D eigenvalue weighted by Gasteiger charge is 2.25. The zero-order valence-corrected chi connectivity index (χ0v) is 23.8. The Balaban J connectivity index is 1.61. The van der Waals surface area contributed by atoms with E-state index in [9.17, 15) is 22.7 Å². The van der Waals surface area contributed by atoms with Crippen molar-refractivity contribution < 1.29 is 27.8 Å². The lowest BCUT2D eigenvalue weighted by Gasteiger charge is -2.29. The minimum atomic E-state index is -3.88. The van der Waals surface area contributed by atoms with Gasteiger partial charge in [-0.25, -0.2) is 12.8 Å². The van der Waals surface area contributed by atoms with E-state index >= 15 is 0 Å². The molecule has 0 spiro atoms. The van der Waals surface area contributed by atoms with Crippen LogP contribution < -0.4 is 5.32 Å². The molecule has 7 nitrogen and oxygen atoms in total. The van der Waals surface area contributed by atoms with Crippen LogP contribution in [0.25, 0.3) is 11.1 Å². The molecular formula is C29H34ClFN2O5S. The van der Waals surface area contributed by atoms with E-state index in [1.54, 1.807) is 24.3 Å². The fourth-order valence-corrected chi connectivity index (χ4v) is 5.58. The van der Waals surface area contributed by atoms with Crippen molar-refractivity contribution in [1.82, 2.24) is 9.62 Å². The molecule has 3 aromatic rings. The second-order valence-corrected chi connectivity index (χ2v) is 12.7. The predicted octanol–water partition coefficient (Wildman–Crippen LogP) is 4.76. The number of likely N-dealkylation sites (N-methyl/N-ethyl adjacent to an activating group) is 1. The van der Waals surface area contributed by atoms with E-state index in [0.717, 1.165) is 21.0 Å². The third-order valence-corrected chi connectivity index (χ3v) is 8.50. The molecule has 0 aliphatic carbocycles. The molecule has 0 amide bonds. The average molecular weight is 577 g/mol. The summed E-state index contributed by atoms with van der Waals surface area (Å²) in [5, 5.41) is 22.7. The van der Waals surface area contributed by atoms with Crippen LogP contribution in [-0.2, 0) is 27.7 Å². The molecule has 0 aromatic heterocycles. The molecule has 0 saturated carbocycles. The van der Waals surface area contributed by atoms with Crippen molar-refractivity contribution in [2.24, 2.45) is 0 Å². The van der Waals surface area contributed by atoms with Crippen LogP contribution in [0.15, 0.2) is 71.6 Å². The predicted molar refractivity (Wildman–Crippen MR) is 151 cm³/mol. The summed E-state index contributed by atoms with van der Waals surface area (Å²) in [5.74, 6) is -1.35. The second kappa shape index (κ2) is 13.0. The number of aliphatic carboxylic acids is 1. The Morgan fingerprint density at radius 1 is 1.05 bits per heavy atom. The molecule has 0 bridgehead atoms. The number of carbonyl (C=O) groups is 1. The van der Waals surface area contributed by atoms with E-state index in [1.807, 2.05) is 38.1 Å². The van der Waals surface area contributed by atoms with Gasteiger partial charge in [-0.05, 0) is 73.2 Å². The summed E-state index contributed by atoms with van der Waals surface area (Å²) in [6.45, 7) is 3.84. The van der Waals surface area contributed by atoms with Crippen LogP contribution in [0.3, 0.4) is 0 Å². The number of sulfonamides is 1. The molecule has 0 aliphatic heterocycles. The van der Waals surface area contributed by atoms with Gasteiger partial charge in [-0.1, -0.05) is 54.1 Å². The zero-order chi connectivity index (χ0) is 28.8. The number of aliphatic hydroxyl groups excluding tert-OH is 1. The van der Waals surface area contributed by atoms with Crippen molar-refractivity contribution in [3.05, 3.63) is 88.7 Å². The van der Waals surface area contributed by atoms with Gasteiger partial charge >= 0.3 is 5.97 Å². The van der Waals surface area contributed by atoms with Gasteiger partial charge in [0.1, 0.15) is 5.82 Å². The summed E-state index contributed by atoms with van der Waals surface area (Å²) < 4.78 is 41.4. The number of nitrogens with zero attached hydrogens (tertiary/aromatic N) is 1. The monoisotopic (exact) mass is 576 g/mol. The molecule has 0 fully saturated rings. The zero-order valence-electron chi connectivity index (χ0n) is 22.2. The minimum absolute atomic E-state index is 0.0423. The first kappa shape index (κ1) is 30.7. The van der Waals surface area contributed by atoms with Gasteiger partial charge < -0.3 is 15.5 Å². The summed E-state index contributed by atoms with van der Waals surface area (Å²) in [6.07, 6.45) is -0.0359. The van der Waals surface area contributed by atoms with Gasteiger partial charge in [-0.15, -0.1) is 0 Å². The Kier molecular flexibility index (Phi) is 10.3. The Hall–Kier alpha value is -2.82. The SMILES string of the molecule is CN(CC(O)CNC(C)(C)Cc1ccc(Cl)c(F)c1)S(=O)(=O)c1cccc(-c2ccc(CCC(=O)O)cc2)c1. The third kappa shape index (κ3) is 8.84. The molecule has 1 atom stereocenters. The molecule has 1 unspecified atom stereocenters. The van der Waals surface area contributed by atoms with Gasteiger partial charge in [0.2, 0.25) is 10.0 Å². The number of aliphatic hydroxyl groups is 1. The molecule has 39 heavy (non-hydrogen) atoms. The van der Waals surface area contributed by atoms with Crippen molar-refractivity contribution >= 4 is 27.6 Å². The molecule has 0 aliphatic rings. The van der Waals surface area contributed by atoms with E-state index in [1.165, 1.54) is 25.2 Å². The minimum Gasteiger partial charge on any atom is -0.481 e. The van der Waals surface area contributed by atoms with E-state index in [2.05, 4.69) is 5.32 Å². The molecule has 3 rings (SSSR count). The Morgan fingerprint density at radius 3 is 2.36 bits per heavy atom. The van der Waals surface area contributed by atoms with Crippen molar-refractivity contribution in [3.8, 4) is 11.1 Å². The van der Waals surface area contributed by atoms with Crippen LogP contribution in [0.4, 0.5) is 4.39 Å². The number of benzene rings is 3. The van der Waals surface area contributed by atoms with Gasteiger partial charge in [0.25, 0.3) is 0 Å². The molecule has 0 saturated heterocycles. The maximum absolute atomic E-state index is 13.8. The number of rotatable bonds is 13. The number of halogens is 2. The molecule has 3 N–H and O–H groups in total. The lowest BCUT2D eigenvalue weighted by atomic mass is 9.94. The highest BCUT2D eigenvalue weighted by atomic mass is 35.5. The highest BCUT2D eigenvalue weighted by molar-refractivity contribution is 7.89. The quantitative estimate of drug-likeness (QED) is 0.271. The smallest absolute Gasteiger partial charge is 0.303 e. The van der Waals surface area contributed by atoms with E-state index in [4.69, 9.17) is 16.7 Å². The van der Waals surface area contributed by atoms with Crippen LogP contribution in [0, 0.1) is 5.82 Å². The number of aryl methyl sites for hydroxylation is 1. The lowest BCUT2D eigenvalue weighted by Crippen LogP contribution is -2.47. The highest BCUT2D eigenvalue weighted by Crippen LogP contribution is 2.25. The van der Waals surface area contributed by atoms with E-state index < -0.39 is 33.5 Å². The van der Waals surface area contributed by atoms with Crippen LogP contribution in [0.5, 0.6) is 0 Å². The number of nitrogens with one attached hydrogen (secondary N) is 1. The number of carboxylic acid groups (broad SMARTS) is 1. The molecule has 10 heteroatoms. The summed E-state index contributed by atoms with van der Waals surface area (Å²) >= 11 is 5.75. The first-order chi connectivity index (χ1) is 18.3. The van der Waals surface area contributed by atoms with Crippen LogP contribution in [-0.4, -0.2) is 60.7 Å². The standard InChI is InChI=1S/C29H34ClFN2O5S/c1-29(2,17-21-9-13-26(30)27(31)15-21)32-18-24(34)19-33(3)39(37,38)25-6-4-5-23(16-25)22-11-7-20(8-12-22)10-14-28(35)36/h4-9,11-13,15-16,24,32,34H,10,14,17-19H2,1-3H3,(H,35,36). The van der Waals surface area contributed by atoms with Crippen molar-refractivity contribution in [2.45, 2.75) is 49.6 Å². The summed E-state index contributed by atoms with van der Waals surface area (Å²) in [7, 11) is -2.46. The van der Waals surface area contributed by atoms with Crippen LogP contribution >= 0.6 is 11.6 Å². The Morgan fingerprint density at radius 2 is 1.72 bits per heavy atom. The summed E-state index contributed by atoms with van der Waals surface area (Å²) in [5.41, 5.74) is 2.66. The van der Waals surface area contributed by atoms with E-state index in [0.29, 0.717) is 18.4 Å². The first-order valence-corrected chi connectivity index (χ1v) is 14.3. The Bertz CT molecular complexity index is 1400. The molecule has 0 heterocycles. The molecule has 0 radical (unpaired) electrons. The van der Waals surface area contributed by atoms with Crippen molar-refractivity contribution in [2.75, 3.05) is 20.1 Å². The number of β-amino-alcohol motifs (C(OH)–C–C–N with tert-alkyl or cyclic N) is 1. The van der Waals surface area contributed by atoms with E-state index in [-0.39, 0.29) is 29.4 Å². The van der Waals surface area contributed by atoms with Crippen LogP contribution in [0.2, 0.25) is 5.02 Å². The average Bonchev–Trinajstić information content (AvgIpc) is 2.88. The maximum atomic E-state index is 13.8. The Labute approximate surface area is 234 Å². The normalized spacial score (nSPS) is 13.0. The number of hydrogen-bond acceptors (Lipinski definition) is 5. The van der Waals surface area contributed by atoms with Gasteiger partial charge in [-0.2, -0.15) is 4.31 Å². The van der Waals surface area contributed by atoms with Crippen LogP contribution in [0.1, 0.15) is 31.4 Å². The van der Waals surface area contributed by atoms with Gasteiger partial charge in [-0.3, -0.25) is 4.79 Å². The lowest BCUT2D eigenvalue weighted by molar-refractivity contribution is -0.136. The number of hydrogen-bond donors (Lipinski definition) is 3. The van der Waals surface area contributed by atoms with Gasteiger partial charge in [0.05, 0.1) is 16.0 Å². The maximum Gasteiger partial charge on any atom is 0.303 e. The largest absolute Gasteiger partial charge is 0.481 e. The third-order valence-electron chi connectivity index (χ3n) is 6.37. The van der Waals surface area contributed by atoms with Gasteiger partial charge in [0.15, 0.2) is 0 Å². The van der Waals surface area contributed by atoms with Gasteiger partial charge in [0, 0.05) is 32.1 Å². The van der Waals surface area contributed by atoms with Crippen molar-refractivity contribution in [1.29, 1.82) is 0 Å². The molecule has 3 aromatic carbocycles. The summed E-state index contributed by atoms with van der Waals surface area (Å²) in [6, 6.07) is 18.5. The topological polar surface area (TPSA) is 107 Å². The first-order valence-electron chi connectivity index (χ1n) is 12.5. The van der Waals surface area contributed by atoms with Crippen molar-refractivity contribution in [3.63, 3.8) is 0 Å². The fourth-order valence-electron chi connectivity index (χ4n) is 4.21.